The molecule has 2 aliphatic heterocycles. The molecule has 3 rings (SSSR count). The quantitative estimate of drug-likeness (QED) is 0.0460. The highest BCUT2D eigenvalue weighted by Crippen LogP contribution is 2.44. The number of ketones is 2. The molecule has 2 heterocycles. The zero-order valence-electron chi connectivity index (χ0n) is 39.9. The van der Waals surface area contributed by atoms with E-state index in [1.54, 1.807) is 6.92 Å². The van der Waals surface area contributed by atoms with Gasteiger partial charge in [-0.2, -0.15) is 0 Å². The molecule has 3 aliphatic rings. The number of carbonyl (C=O) groups is 3. The SMILES string of the molecule is CCCCCCCCC(CCCCCCCC)OC(=O)C(C)(C)CCCCCCOC[C@@H]1C[C@H](C2=C(C(=O)[C@H]3CCN(C)C3)[CH]2)CN1CCCCCCC(C)(C)C(C)=O. The summed E-state index contributed by atoms with van der Waals surface area (Å²) in [5.41, 5.74) is 1.69. The Morgan fingerprint density at radius 2 is 1.29 bits per heavy atom. The van der Waals surface area contributed by atoms with E-state index in [2.05, 4.69) is 64.8 Å². The molecule has 0 aromatic carbocycles. The summed E-state index contributed by atoms with van der Waals surface area (Å²) in [5, 5.41) is 0. The predicted molar refractivity (Wildman–Crippen MR) is 247 cm³/mol. The summed E-state index contributed by atoms with van der Waals surface area (Å²) in [6, 6.07) is 0.393. The number of carbonyl (C=O) groups excluding carboxylic acids is 3. The standard InChI is InChI=1S/C52H93N2O5/c1-9-11-13-15-17-23-29-46(30-24-18-16-14-12-10-2)59-50(57)52(6,7)33-26-20-22-28-36-58-41-45-37-44(47-38-48(47)49(56)43-31-35-53(8)39-43)40-54(45)34-27-21-19-25-32-51(4,5)42(3)55/h38,43-46H,9-37,39-41H2,1-8H3/t43-,44-,45-/m0/s1. The lowest BCUT2D eigenvalue weighted by Gasteiger charge is -2.27. The first-order chi connectivity index (χ1) is 28.3. The highest BCUT2D eigenvalue weighted by Gasteiger charge is 2.43. The second kappa shape index (κ2) is 28.2. The van der Waals surface area contributed by atoms with Gasteiger partial charge in [0.15, 0.2) is 5.78 Å². The molecule has 0 saturated carbocycles. The number of Topliss-reactive ketones (excluding diaryl/α,β-unsaturated/α-hetero) is 2. The van der Waals surface area contributed by atoms with E-state index in [0.29, 0.717) is 17.7 Å². The minimum Gasteiger partial charge on any atom is -0.462 e. The fourth-order valence-electron chi connectivity index (χ4n) is 9.43. The predicted octanol–water partition coefficient (Wildman–Crippen LogP) is 12.7. The van der Waals surface area contributed by atoms with Gasteiger partial charge in [0.25, 0.3) is 0 Å². The maximum absolute atomic E-state index is 13.5. The third-order valence-corrected chi connectivity index (χ3v) is 14.2. The molecule has 0 bridgehead atoms. The zero-order chi connectivity index (χ0) is 43.1. The number of likely N-dealkylation sites (tertiary alicyclic amines) is 2. The molecule has 2 saturated heterocycles. The van der Waals surface area contributed by atoms with E-state index in [0.717, 1.165) is 122 Å². The zero-order valence-corrected chi connectivity index (χ0v) is 39.9. The van der Waals surface area contributed by atoms with Gasteiger partial charge in [-0.3, -0.25) is 19.3 Å². The number of nitrogens with zero attached hydrogens (tertiary/aromatic N) is 2. The minimum absolute atomic E-state index is 0.00124. The van der Waals surface area contributed by atoms with Crippen LogP contribution in [0.5, 0.6) is 0 Å². The van der Waals surface area contributed by atoms with Crippen molar-refractivity contribution in [2.75, 3.05) is 46.4 Å². The Balaban J connectivity index is 1.38. The fourth-order valence-corrected chi connectivity index (χ4v) is 9.43. The van der Waals surface area contributed by atoms with Gasteiger partial charge in [-0.1, -0.05) is 130 Å². The Labute approximate surface area is 364 Å². The van der Waals surface area contributed by atoms with Crippen LogP contribution < -0.4 is 0 Å². The summed E-state index contributed by atoms with van der Waals surface area (Å²) in [4.78, 5) is 43.6. The molecule has 1 aliphatic carbocycles. The van der Waals surface area contributed by atoms with Gasteiger partial charge in [-0.25, -0.2) is 0 Å². The molecule has 0 spiro atoms. The molecule has 2 fully saturated rings. The molecule has 7 nitrogen and oxygen atoms in total. The molecule has 7 heteroatoms. The van der Waals surface area contributed by atoms with Crippen molar-refractivity contribution in [3.63, 3.8) is 0 Å². The molecule has 1 radical (unpaired) electrons. The summed E-state index contributed by atoms with van der Waals surface area (Å²) < 4.78 is 12.6. The Hall–Kier alpha value is -1.57. The Morgan fingerprint density at radius 3 is 1.88 bits per heavy atom. The fraction of sp³-hybridized carbons (Fsp3) is 0.885. The molecule has 59 heavy (non-hydrogen) atoms. The summed E-state index contributed by atoms with van der Waals surface area (Å²) in [5.74, 6) is 1.27. The molecule has 0 N–H and O–H groups in total. The molecule has 0 aromatic rings. The lowest BCUT2D eigenvalue weighted by molar-refractivity contribution is -0.161. The Bertz CT molecular complexity index is 1230. The maximum Gasteiger partial charge on any atom is 0.311 e. The molecule has 341 valence electrons. The summed E-state index contributed by atoms with van der Waals surface area (Å²) in [7, 11) is 2.12. The largest absolute Gasteiger partial charge is 0.462 e. The molecular weight excluding hydrogens is 733 g/mol. The topological polar surface area (TPSA) is 76.2 Å². The lowest BCUT2D eigenvalue weighted by Crippen LogP contribution is -2.34. The maximum atomic E-state index is 13.5. The van der Waals surface area contributed by atoms with Gasteiger partial charge >= 0.3 is 5.97 Å². The summed E-state index contributed by atoms with van der Waals surface area (Å²) >= 11 is 0. The molecular formula is C52H93N2O5. The summed E-state index contributed by atoms with van der Waals surface area (Å²) in [6.07, 6.45) is 32.4. The van der Waals surface area contributed by atoms with E-state index in [1.165, 1.54) is 95.5 Å². The number of esters is 1. The van der Waals surface area contributed by atoms with Crippen molar-refractivity contribution in [2.24, 2.45) is 22.7 Å². The van der Waals surface area contributed by atoms with Crippen molar-refractivity contribution >= 4 is 17.5 Å². The van der Waals surface area contributed by atoms with Gasteiger partial charge in [-0.05, 0) is 117 Å². The van der Waals surface area contributed by atoms with Crippen molar-refractivity contribution in [2.45, 2.75) is 228 Å². The number of hydrogen-bond donors (Lipinski definition) is 0. The van der Waals surface area contributed by atoms with E-state index in [9.17, 15) is 14.4 Å². The summed E-state index contributed by atoms with van der Waals surface area (Å²) in [6.45, 7) is 20.1. The average molecular weight is 826 g/mol. The van der Waals surface area contributed by atoms with Gasteiger partial charge in [0.1, 0.15) is 11.9 Å². The molecule has 0 amide bonds. The van der Waals surface area contributed by atoms with E-state index in [4.69, 9.17) is 9.47 Å². The first-order valence-electron chi connectivity index (χ1n) is 25.1. The van der Waals surface area contributed by atoms with Crippen molar-refractivity contribution < 1.29 is 23.9 Å². The van der Waals surface area contributed by atoms with Crippen molar-refractivity contribution in [3.8, 4) is 0 Å². The number of unbranched alkanes of at least 4 members (excludes halogenated alkanes) is 16. The number of rotatable bonds is 36. The van der Waals surface area contributed by atoms with Gasteiger partial charge in [0.2, 0.25) is 0 Å². The molecule has 0 unspecified atom stereocenters. The Kier molecular flexibility index (Phi) is 24.7. The second-order valence-corrected chi connectivity index (χ2v) is 20.6. The van der Waals surface area contributed by atoms with Crippen LogP contribution >= 0.6 is 0 Å². The normalized spacial score (nSPS) is 20.3. The van der Waals surface area contributed by atoms with Crippen LogP contribution in [0.1, 0.15) is 215 Å². The van der Waals surface area contributed by atoms with Crippen LogP contribution in [0, 0.1) is 29.1 Å². The first-order valence-corrected chi connectivity index (χ1v) is 25.1. The average Bonchev–Trinajstić information content (AvgIpc) is 3.71. The highest BCUT2D eigenvalue weighted by molar-refractivity contribution is 6.06. The van der Waals surface area contributed by atoms with E-state index in [1.807, 2.05) is 0 Å². The van der Waals surface area contributed by atoms with Gasteiger partial charge in [-0.15, -0.1) is 0 Å². The Morgan fingerprint density at radius 1 is 0.729 bits per heavy atom. The highest BCUT2D eigenvalue weighted by atomic mass is 16.5. The van der Waals surface area contributed by atoms with Crippen LogP contribution in [-0.4, -0.2) is 85.9 Å². The lowest BCUT2D eigenvalue weighted by atomic mass is 9.83. The third-order valence-electron chi connectivity index (χ3n) is 14.2. The van der Waals surface area contributed by atoms with Gasteiger partial charge in [0.05, 0.1) is 12.0 Å². The van der Waals surface area contributed by atoms with Crippen molar-refractivity contribution in [3.05, 3.63) is 17.6 Å². The van der Waals surface area contributed by atoms with Gasteiger partial charge in [0, 0.05) is 49.1 Å². The van der Waals surface area contributed by atoms with Crippen LogP contribution in [0.25, 0.3) is 0 Å². The minimum atomic E-state index is -0.447. The smallest absolute Gasteiger partial charge is 0.311 e. The third kappa shape index (κ3) is 20.0. The van der Waals surface area contributed by atoms with Crippen LogP contribution in [0.2, 0.25) is 0 Å². The monoisotopic (exact) mass is 826 g/mol. The van der Waals surface area contributed by atoms with E-state index in [-0.39, 0.29) is 29.2 Å². The van der Waals surface area contributed by atoms with Crippen LogP contribution in [-0.2, 0) is 23.9 Å². The van der Waals surface area contributed by atoms with Crippen LogP contribution in [0.15, 0.2) is 11.1 Å². The van der Waals surface area contributed by atoms with Gasteiger partial charge < -0.3 is 14.4 Å². The molecule has 3 atom stereocenters. The van der Waals surface area contributed by atoms with E-state index < -0.39 is 5.41 Å². The van der Waals surface area contributed by atoms with E-state index >= 15 is 0 Å². The van der Waals surface area contributed by atoms with Crippen molar-refractivity contribution in [1.29, 1.82) is 0 Å². The van der Waals surface area contributed by atoms with Crippen molar-refractivity contribution in [1.82, 2.24) is 9.80 Å². The molecule has 0 aromatic heterocycles. The number of hydrogen-bond acceptors (Lipinski definition) is 7. The van der Waals surface area contributed by atoms with Crippen LogP contribution in [0.4, 0.5) is 0 Å². The second-order valence-electron chi connectivity index (χ2n) is 20.6. The van der Waals surface area contributed by atoms with Crippen LogP contribution in [0.3, 0.4) is 0 Å². The first kappa shape index (κ1) is 51.8. The number of allylic oxidation sites excluding steroid dienone is 1. The number of ether oxygens (including phenoxy) is 2.